The second kappa shape index (κ2) is 9.78. The molecule has 2 aromatic rings. The highest BCUT2D eigenvalue weighted by molar-refractivity contribution is 7.89. The number of sulfonamides is 1. The topological polar surface area (TPSA) is 84.9 Å². The first-order valence-electron chi connectivity index (χ1n) is 9.85. The van der Waals surface area contributed by atoms with Crippen molar-refractivity contribution in [3.05, 3.63) is 48.0 Å². The summed E-state index contributed by atoms with van der Waals surface area (Å²) < 4.78 is 74.7. The highest BCUT2D eigenvalue weighted by Crippen LogP contribution is 2.31. The molecule has 0 aromatic heterocycles. The van der Waals surface area contributed by atoms with Crippen LogP contribution in [0.4, 0.5) is 18.9 Å². The zero-order chi connectivity index (χ0) is 23.4. The number of hydrogen-bond acceptors (Lipinski definition) is 5. The van der Waals surface area contributed by atoms with Gasteiger partial charge in [0.05, 0.1) is 24.1 Å². The Bertz CT molecular complexity index is 1050. The van der Waals surface area contributed by atoms with E-state index in [4.69, 9.17) is 9.47 Å². The van der Waals surface area contributed by atoms with Crippen LogP contribution in [0.1, 0.15) is 18.4 Å². The highest BCUT2D eigenvalue weighted by Gasteiger charge is 2.31. The predicted octanol–water partition coefficient (Wildman–Crippen LogP) is 3.60. The lowest BCUT2D eigenvalue weighted by Gasteiger charge is -2.18. The molecule has 2 aromatic carbocycles. The van der Waals surface area contributed by atoms with Crippen LogP contribution in [0.25, 0.3) is 0 Å². The standard InChI is InChI=1S/C21H23F3N2O5S/c1-30-16-6-4-15(5-7-16)12-20(27)25-18-13-17(32(28,29)26-10-2-3-11-26)8-9-19(18)31-14-21(22,23)24/h4-9,13H,2-3,10-12,14H2,1H3,(H,25,27). The Morgan fingerprint density at radius 1 is 1.09 bits per heavy atom. The first-order valence-corrected chi connectivity index (χ1v) is 11.3. The maximum Gasteiger partial charge on any atom is 0.422 e. The van der Waals surface area contributed by atoms with Crippen molar-refractivity contribution in [3.63, 3.8) is 0 Å². The summed E-state index contributed by atoms with van der Waals surface area (Å²) in [6.07, 6.45) is -3.20. The largest absolute Gasteiger partial charge is 0.497 e. The summed E-state index contributed by atoms with van der Waals surface area (Å²) in [6.45, 7) is -0.839. The van der Waals surface area contributed by atoms with Gasteiger partial charge in [0.2, 0.25) is 15.9 Å². The van der Waals surface area contributed by atoms with E-state index in [2.05, 4.69) is 5.32 Å². The van der Waals surface area contributed by atoms with Crippen LogP contribution in [-0.2, 0) is 21.2 Å². The second-order valence-corrected chi connectivity index (χ2v) is 9.18. The molecule has 0 aliphatic carbocycles. The average molecular weight is 472 g/mol. The van der Waals surface area contributed by atoms with E-state index in [1.165, 1.54) is 17.5 Å². The Balaban J connectivity index is 1.84. The van der Waals surface area contributed by atoms with Crippen LogP contribution in [-0.4, -0.2) is 51.6 Å². The second-order valence-electron chi connectivity index (χ2n) is 7.25. The lowest BCUT2D eigenvalue weighted by atomic mass is 10.1. The molecule has 1 aliphatic rings. The summed E-state index contributed by atoms with van der Waals surface area (Å²) in [5, 5.41) is 2.48. The molecular weight excluding hydrogens is 449 g/mol. The molecule has 0 saturated carbocycles. The van der Waals surface area contributed by atoms with Crippen molar-refractivity contribution in [2.45, 2.75) is 30.3 Å². The molecule has 0 unspecified atom stereocenters. The minimum atomic E-state index is -4.59. The number of carbonyl (C=O) groups excluding carboxylic acids is 1. The molecule has 1 amide bonds. The molecule has 1 N–H and O–H groups in total. The quantitative estimate of drug-likeness (QED) is 0.635. The maximum absolute atomic E-state index is 12.8. The van der Waals surface area contributed by atoms with Crippen LogP contribution >= 0.6 is 0 Å². The molecule has 1 aliphatic heterocycles. The third kappa shape index (κ3) is 6.13. The average Bonchev–Trinajstić information content (AvgIpc) is 3.28. The van der Waals surface area contributed by atoms with Crippen molar-refractivity contribution in [2.24, 2.45) is 0 Å². The van der Waals surface area contributed by atoms with E-state index < -0.39 is 28.7 Å². The number of halogens is 3. The van der Waals surface area contributed by atoms with Gasteiger partial charge in [-0.15, -0.1) is 0 Å². The number of methoxy groups -OCH3 is 1. The predicted molar refractivity (Wildman–Crippen MR) is 111 cm³/mol. The summed E-state index contributed by atoms with van der Waals surface area (Å²) in [5.74, 6) is -0.203. The van der Waals surface area contributed by atoms with Crippen LogP contribution in [0.5, 0.6) is 11.5 Å². The van der Waals surface area contributed by atoms with Gasteiger partial charge in [-0.1, -0.05) is 12.1 Å². The number of carbonyl (C=O) groups is 1. The maximum atomic E-state index is 12.8. The van der Waals surface area contributed by atoms with Crippen LogP contribution < -0.4 is 14.8 Å². The van der Waals surface area contributed by atoms with Crippen molar-refractivity contribution in [2.75, 3.05) is 32.1 Å². The summed E-state index contributed by atoms with van der Waals surface area (Å²) in [7, 11) is -2.33. The van der Waals surface area contributed by atoms with E-state index in [0.717, 1.165) is 25.0 Å². The molecule has 0 atom stereocenters. The third-order valence-corrected chi connectivity index (χ3v) is 6.74. The first-order chi connectivity index (χ1) is 15.1. The van der Waals surface area contributed by atoms with Gasteiger partial charge >= 0.3 is 6.18 Å². The monoisotopic (exact) mass is 472 g/mol. The molecule has 7 nitrogen and oxygen atoms in total. The van der Waals surface area contributed by atoms with Gasteiger partial charge in [0.25, 0.3) is 0 Å². The van der Waals surface area contributed by atoms with Gasteiger partial charge in [-0.25, -0.2) is 8.42 Å². The lowest BCUT2D eigenvalue weighted by molar-refractivity contribution is -0.153. The molecular formula is C21H23F3N2O5S. The number of amides is 1. The van der Waals surface area contributed by atoms with E-state index in [9.17, 15) is 26.4 Å². The van der Waals surface area contributed by atoms with E-state index in [-0.39, 0.29) is 22.8 Å². The lowest BCUT2D eigenvalue weighted by Crippen LogP contribution is -2.28. The van der Waals surface area contributed by atoms with E-state index in [0.29, 0.717) is 24.4 Å². The number of anilines is 1. The van der Waals surface area contributed by atoms with E-state index in [1.54, 1.807) is 24.3 Å². The molecule has 3 rings (SSSR count). The summed E-state index contributed by atoms with van der Waals surface area (Å²) in [6, 6.07) is 10.1. The number of hydrogen-bond donors (Lipinski definition) is 1. The number of benzene rings is 2. The molecule has 174 valence electrons. The smallest absolute Gasteiger partial charge is 0.422 e. The molecule has 0 spiro atoms. The SMILES string of the molecule is COc1ccc(CC(=O)Nc2cc(S(=O)(=O)N3CCCC3)ccc2OCC(F)(F)F)cc1. The number of alkyl halides is 3. The fourth-order valence-corrected chi connectivity index (χ4v) is 4.80. The molecule has 0 bridgehead atoms. The van der Waals surface area contributed by atoms with Crippen molar-refractivity contribution in [1.82, 2.24) is 4.31 Å². The minimum absolute atomic E-state index is 0.0776. The Morgan fingerprint density at radius 3 is 2.34 bits per heavy atom. The Hall–Kier alpha value is -2.79. The minimum Gasteiger partial charge on any atom is -0.497 e. The van der Waals surface area contributed by atoms with Gasteiger partial charge in [-0.05, 0) is 48.7 Å². The van der Waals surface area contributed by atoms with Crippen LogP contribution in [0.2, 0.25) is 0 Å². The van der Waals surface area contributed by atoms with Gasteiger partial charge in [-0.3, -0.25) is 4.79 Å². The number of rotatable bonds is 8. The van der Waals surface area contributed by atoms with E-state index in [1.807, 2.05) is 0 Å². The van der Waals surface area contributed by atoms with Crippen LogP contribution in [0.3, 0.4) is 0 Å². The van der Waals surface area contributed by atoms with Crippen molar-refractivity contribution in [3.8, 4) is 11.5 Å². The fourth-order valence-electron chi connectivity index (χ4n) is 3.25. The van der Waals surface area contributed by atoms with Crippen LogP contribution in [0, 0.1) is 0 Å². The van der Waals surface area contributed by atoms with Gasteiger partial charge in [0.15, 0.2) is 6.61 Å². The third-order valence-electron chi connectivity index (χ3n) is 4.84. The first kappa shape index (κ1) is 23.9. The Kier molecular flexibility index (Phi) is 7.29. The van der Waals surface area contributed by atoms with Crippen LogP contribution in [0.15, 0.2) is 47.4 Å². The molecule has 1 saturated heterocycles. The Morgan fingerprint density at radius 2 is 1.75 bits per heavy atom. The van der Waals surface area contributed by atoms with Gasteiger partial charge in [0.1, 0.15) is 11.5 Å². The van der Waals surface area contributed by atoms with Gasteiger partial charge in [0, 0.05) is 13.1 Å². The fraction of sp³-hybridized carbons (Fsp3) is 0.381. The Labute approximate surface area is 184 Å². The highest BCUT2D eigenvalue weighted by atomic mass is 32.2. The molecule has 32 heavy (non-hydrogen) atoms. The van der Waals surface area contributed by atoms with Gasteiger partial charge < -0.3 is 14.8 Å². The number of nitrogens with one attached hydrogen (secondary N) is 1. The zero-order valence-corrected chi connectivity index (χ0v) is 18.1. The molecule has 0 radical (unpaired) electrons. The summed E-state index contributed by atoms with van der Waals surface area (Å²) >= 11 is 0. The summed E-state index contributed by atoms with van der Waals surface area (Å²) in [4.78, 5) is 12.4. The van der Waals surface area contributed by atoms with E-state index >= 15 is 0 Å². The summed E-state index contributed by atoms with van der Waals surface area (Å²) in [5.41, 5.74) is 0.495. The van der Waals surface area contributed by atoms with Crippen molar-refractivity contribution < 1.29 is 35.9 Å². The molecule has 1 heterocycles. The molecule has 1 fully saturated rings. The van der Waals surface area contributed by atoms with Crippen molar-refractivity contribution >= 4 is 21.6 Å². The van der Waals surface area contributed by atoms with Gasteiger partial charge in [-0.2, -0.15) is 17.5 Å². The number of nitrogens with zero attached hydrogens (tertiary/aromatic N) is 1. The van der Waals surface area contributed by atoms with Crippen molar-refractivity contribution in [1.29, 1.82) is 0 Å². The number of ether oxygens (including phenoxy) is 2. The normalized spacial score (nSPS) is 14.9. The molecule has 11 heteroatoms. The zero-order valence-electron chi connectivity index (χ0n) is 17.3.